The van der Waals surface area contributed by atoms with Crippen LogP contribution in [-0.2, 0) is 11.2 Å². The molecule has 0 radical (unpaired) electrons. The predicted molar refractivity (Wildman–Crippen MR) is 58.6 cm³/mol. The van der Waals surface area contributed by atoms with Crippen LogP contribution in [0.5, 0.6) is 0 Å². The van der Waals surface area contributed by atoms with Gasteiger partial charge in [-0.2, -0.15) is 0 Å². The first-order valence-electron chi connectivity index (χ1n) is 4.54. The van der Waals surface area contributed by atoms with Crippen molar-refractivity contribution in [1.29, 1.82) is 0 Å². The van der Waals surface area contributed by atoms with E-state index in [1.807, 2.05) is 0 Å². The number of amides is 1. The fourth-order valence-electron chi connectivity index (χ4n) is 1.22. The van der Waals surface area contributed by atoms with Crippen molar-refractivity contribution in [3.63, 3.8) is 0 Å². The molecule has 0 fully saturated rings. The number of hydrogen-bond donors (Lipinski definition) is 1. The van der Waals surface area contributed by atoms with E-state index in [1.165, 1.54) is 29.0 Å². The molecular formula is C10H8FN3OS. The minimum Gasteiger partial charge on any atom is -0.300 e. The van der Waals surface area contributed by atoms with Crippen molar-refractivity contribution < 1.29 is 9.18 Å². The first-order valence-corrected chi connectivity index (χ1v) is 5.42. The van der Waals surface area contributed by atoms with E-state index in [9.17, 15) is 9.18 Å². The minimum atomic E-state index is -0.346. The van der Waals surface area contributed by atoms with E-state index in [2.05, 4.69) is 15.5 Å². The molecular weight excluding hydrogens is 229 g/mol. The normalized spacial score (nSPS) is 10.1. The predicted octanol–water partition coefficient (Wildman–Crippen LogP) is 1.86. The van der Waals surface area contributed by atoms with Crippen LogP contribution in [-0.4, -0.2) is 16.1 Å². The van der Waals surface area contributed by atoms with Gasteiger partial charge in [0, 0.05) is 0 Å². The van der Waals surface area contributed by atoms with Gasteiger partial charge >= 0.3 is 0 Å². The lowest BCUT2D eigenvalue weighted by molar-refractivity contribution is -0.115. The number of nitrogens with zero attached hydrogens (tertiary/aromatic N) is 2. The molecule has 0 bridgehead atoms. The zero-order valence-electron chi connectivity index (χ0n) is 8.18. The molecule has 0 spiro atoms. The molecule has 82 valence electrons. The zero-order chi connectivity index (χ0) is 11.4. The quantitative estimate of drug-likeness (QED) is 0.886. The molecule has 0 saturated carbocycles. The van der Waals surface area contributed by atoms with Gasteiger partial charge in [0.1, 0.15) is 11.3 Å². The summed E-state index contributed by atoms with van der Waals surface area (Å²) in [5, 5.41) is 10.3. The largest absolute Gasteiger partial charge is 0.300 e. The van der Waals surface area contributed by atoms with Crippen molar-refractivity contribution in [3.05, 3.63) is 41.2 Å². The molecule has 2 rings (SSSR count). The molecule has 6 heteroatoms. The second kappa shape index (κ2) is 4.80. The molecule has 0 atom stereocenters. The summed E-state index contributed by atoms with van der Waals surface area (Å²) in [6.07, 6.45) is 0.122. The summed E-state index contributed by atoms with van der Waals surface area (Å²) in [4.78, 5) is 11.5. The highest BCUT2D eigenvalue weighted by Gasteiger charge is 2.06. The van der Waals surface area contributed by atoms with Crippen molar-refractivity contribution in [3.8, 4) is 0 Å². The molecule has 0 unspecified atom stereocenters. The fourth-order valence-corrected chi connectivity index (χ4v) is 1.68. The average molecular weight is 237 g/mol. The van der Waals surface area contributed by atoms with Crippen molar-refractivity contribution in [2.45, 2.75) is 6.42 Å². The molecule has 0 aliphatic carbocycles. The van der Waals surface area contributed by atoms with Gasteiger partial charge in [0.2, 0.25) is 11.0 Å². The summed E-state index contributed by atoms with van der Waals surface area (Å²) in [5.41, 5.74) is 2.15. The van der Waals surface area contributed by atoms with Crippen molar-refractivity contribution >= 4 is 22.4 Å². The fraction of sp³-hybridized carbons (Fsp3) is 0.100. The second-order valence-corrected chi connectivity index (χ2v) is 3.93. The highest BCUT2D eigenvalue weighted by molar-refractivity contribution is 7.13. The molecule has 2 aromatic rings. The Kier molecular flexibility index (Phi) is 3.21. The molecule has 1 aromatic carbocycles. The van der Waals surface area contributed by atoms with Crippen LogP contribution in [0.2, 0.25) is 0 Å². The third-order valence-corrected chi connectivity index (χ3v) is 2.47. The third-order valence-electron chi connectivity index (χ3n) is 1.86. The highest BCUT2D eigenvalue weighted by atomic mass is 32.1. The van der Waals surface area contributed by atoms with E-state index in [0.717, 1.165) is 0 Å². The van der Waals surface area contributed by atoms with Crippen LogP contribution < -0.4 is 5.32 Å². The van der Waals surface area contributed by atoms with E-state index < -0.39 is 0 Å². The van der Waals surface area contributed by atoms with Gasteiger partial charge in [-0.15, -0.1) is 10.2 Å². The Bertz CT molecular complexity index is 487. The molecule has 0 saturated heterocycles. The number of carbonyl (C=O) groups is 1. The summed E-state index contributed by atoms with van der Waals surface area (Å²) >= 11 is 1.24. The number of carbonyl (C=O) groups excluding carboxylic acids is 1. The standard InChI is InChI=1S/C10H8FN3OS/c11-8-3-1-2-7(4-8)5-9(15)13-10-14-12-6-16-10/h1-4,6H,5H2,(H,13,14,15). The molecule has 4 nitrogen and oxygen atoms in total. The lowest BCUT2D eigenvalue weighted by Crippen LogP contribution is -2.14. The van der Waals surface area contributed by atoms with Crippen LogP contribution in [0.25, 0.3) is 0 Å². The van der Waals surface area contributed by atoms with Crippen molar-refractivity contribution in [1.82, 2.24) is 10.2 Å². The van der Waals surface area contributed by atoms with E-state index in [0.29, 0.717) is 10.7 Å². The van der Waals surface area contributed by atoms with Crippen molar-refractivity contribution in [2.24, 2.45) is 0 Å². The van der Waals surface area contributed by atoms with E-state index in [-0.39, 0.29) is 18.1 Å². The number of benzene rings is 1. The van der Waals surface area contributed by atoms with Crippen LogP contribution in [0.4, 0.5) is 9.52 Å². The Morgan fingerprint density at radius 3 is 3.06 bits per heavy atom. The molecule has 1 aromatic heterocycles. The number of halogens is 1. The average Bonchev–Trinajstić information content (AvgIpc) is 2.70. The summed E-state index contributed by atoms with van der Waals surface area (Å²) in [7, 11) is 0. The topological polar surface area (TPSA) is 54.9 Å². The minimum absolute atomic E-state index is 0.122. The van der Waals surface area contributed by atoms with E-state index in [1.54, 1.807) is 12.1 Å². The van der Waals surface area contributed by atoms with Gasteiger partial charge < -0.3 is 5.32 Å². The molecule has 1 amide bonds. The number of anilines is 1. The maximum atomic E-state index is 12.8. The number of nitrogens with one attached hydrogen (secondary N) is 1. The molecule has 1 heterocycles. The van der Waals surface area contributed by atoms with Gasteiger partial charge in [-0.3, -0.25) is 4.79 Å². The Labute approximate surface area is 95.1 Å². The maximum absolute atomic E-state index is 12.8. The monoisotopic (exact) mass is 237 g/mol. The molecule has 16 heavy (non-hydrogen) atoms. The Morgan fingerprint density at radius 2 is 2.38 bits per heavy atom. The smallest absolute Gasteiger partial charge is 0.230 e. The SMILES string of the molecule is O=C(Cc1cccc(F)c1)Nc1nncs1. The van der Waals surface area contributed by atoms with Crippen LogP contribution in [0.15, 0.2) is 29.8 Å². The molecule has 0 aliphatic heterocycles. The summed E-state index contributed by atoms with van der Waals surface area (Å²) in [6.45, 7) is 0. The Morgan fingerprint density at radius 1 is 1.50 bits per heavy atom. The summed E-state index contributed by atoms with van der Waals surface area (Å²) in [5.74, 6) is -0.580. The van der Waals surface area contributed by atoms with Crippen LogP contribution in [0.1, 0.15) is 5.56 Å². The first-order chi connectivity index (χ1) is 7.74. The summed E-state index contributed by atoms with van der Waals surface area (Å²) < 4.78 is 12.8. The zero-order valence-corrected chi connectivity index (χ0v) is 9.00. The van der Waals surface area contributed by atoms with Crippen LogP contribution in [0.3, 0.4) is 0 Å². The van der Waals surface area contributed by atoms with Gasteiger partial charge in [-0.25, -0.2) is 4.39 Å². The lowest BCUT2D eigenvalue weighted by Gasteiger charge is -2.01. The Balaban J connectivity index is 1.97. The van der Waals surface area contributed by atoms with Crippen LogP contribution in [0, 0.1) is 5.82 Å². The highest BCUT2D eigenvalue weighted by Crippen LogP contribution is 2.09. The van der Waals surface area contributed by atoms with Gasteiger partial charge in [-0.05, 0) is 17.7 Å². The molecule has 1 N–H and O–H groups in total. The van der Waals surface area contributed by atoms with Gasteiger partial charge in [0.15, 0.2) is 0 Å². The Hall–Kier alpha value is -1.82. The third kappa shape index (κ3) is 2.83. The lowest BCUT2D eigenvalue weighted by atomic mass is 10.1. The van der Waals surface area contributed by atoms with E-state index in [4.69, 9.17) is 0 Å². The van der Waals surface area contributed by atoms with Gasteiger partial charge in [0.05, 0.1) is 6.42 Å². The van der Waals surface area contributed by atoms with E-state index >= 15 is 0 Å². The first kappa shape index (κ1) is 10.7. The van der Waals surface area contributed by atoms with Gasteiger partial charge in [-0.1, -0.05) is 23.5 Å². The summed E-state index contributed by atoms with van der Waals surface area (Å²) in [6, 6.07) is 5.94. The number of hydrogen-bond acceptors (Lipinski definition) is 4. The maximum Gasteiger partial charge on any atom is 0.230 e. The van der Waals surface area contributed by atoms with Crippen LogP contribution >= 0.6 is 11.3 Å². The number of rotatable bonds is 3. The molecule has 0 aliphatic rings. The number of aromatic nitrogens is 2. The second-order valence-electron chi connectivity index (χ2n) is 3.10. The van der Waals surface area contributed by atoms with Gasteiger partial charge in [0.25, 0.3) is 0 Å². The van der Waals surface area contributed by atoms with Crippen molar-refractivity contribution in [2.75, 3.05) is 5.32 Å².